The fourth-order valence-electron chi connectivity index (χ4n) is 4.02. The summed E-state index contributed by atoms with van der Waals surface area (Å²) in [6.45, 7) is 4.67. The number of pyridine rings is 1. The summed E-state index contributed by atoms with van der Waals surface area (Å²) in [5.74, 6) is 1.08. The van der Waals surface area contributed by atoms with Gasteiger partial charge in [-0.25, -0.2) is 14.8 Å². The van der Waals surface area contributed by atoms with Crippen LogP contribution < -0.4 is 0 Å². The van der Waals surface area contributed by atoms with E-state index in [9.17, 15) is 4.79 Å². The molecular weight excluding hydrogens is 450 g/mol. The molecule has 0 amide bonds. The van der Waals surface area contributed by atoms with Crippen LogP contribution in [0.1, 0.15) is 40.8 Å². The minimum absolute atomic E-state index is 0.290. The maximum Gasteiger partial charge on any atom is 0.356 e. The molecule has 0 radical (unpaired) electrons. The number of hydrogen-bond acceptors (Lipinski definition) is 8. The number of thiophene rings is 1. The highest BCUT2D eigenvalue weighted by atomic mass is 32.1. The third-order valence-electron chi connectivity index (χ3n) is 5.69. The van der Waals surface area contributed by atoms with E-state index in [1.54, 1.807) is 17.4 Å². The van der Waals surface area contributed by atoms with Crippen molar-refractivity contribution in [3.8, 4) is 22.5 Å². The SMILES string of the molecule is CCCc1nc2c(C)cc(C(=O)OC)nc2n1Cc1ccc(-c2cscc2-c2nn[nH]n2)cc1. The molecule has 5 rings (SSSR count). The van der Waals surface area contributed by atoms with Gasteiger partial charge in [0.05, 0.1) is 13.7 Å². The Hall–Kier alpha value is -3.92. The Kier molecular flexibility index (Phi) is 5.89. The van der Waals surface area contributed by atoms with Crippen LogP contribution in [0.25, 0.3) is 33.7 Å². The monoisotopic (exact) mass is 473 g/mol. The molecule has 0 aliphatic rings. The lowest BCUT2D eigenvalue weighted by Crippen LogP contribution is -2.09. The first-order chi connectivity index (χ1) is 16.6. The number of aryl methyl sites for hydroxylation is 2. The predicted molar refractivity (Wildman–Crippen MR) is 130 cm³/mol. The van der Waals surface area contributed by atoms with Crippen molar-refractivity contribution >= 4 is 28.5 Å². The summed E-state index contributed by atoms with van der Waals surface area (Å²) in [7, 11) is 1.36. The Morgan fingerprint density at radius 1 is 1.15 bits per heavy atom. The Bertz CT molecular complexity index is 1450. The van der Waals surface area contributed by atoms with Crippen LogP contribution in [-0.4, -0.2) is 48.2 Å². The quantitative estimate of drug-likeness (QED) is 0.348. The molecular formula is C24H23N7O2S. The van der Waals surface area contributed by atoms with Crippen molar-refractivity contribution < 1.29 is 9.53 Å². The molecule has 9 nitrogen and oxygen atoms in total. The fraction of sp³-hybridized carbons (Fsp3) is 0.250. The number of nitrogens with one attached hydrogen (secondary N) is 1. The standard InChI is InChI=1S/C24H23N7O2S/c1-4-5-20-26-21-14(2)10-19(24(32)33-3)25-23(21)31(20)11-15-6-8-16(9-7-15)17-12-34-13-18(17)22-27-29-30-28-22/h6-10,12-13H,4-5,11H2,1-3H3,(H,27,28,29,30). The number of esters is 1. The average molecular weight is 474 g/mol. The zero-order chi connectivity index (χ0) is 23.7. The van der Waals surface area contributed by atoms with Gasteiger partial charge in [-0.2, -0.15) is 16.6 Å². The third-order valence-corrected chi connectivity index (χ3v) is 6.44. The maximum atomic E-state index is 12.1. The zero-order valence-corrected chi connectivity index (χ0v) is 19.9. The van der Waals surface area contributed by atoms with Gasteiger partial charge >= 0.3 is 5.97 Å². The van der Waals surface area contributed by atoms with E-state index in [2.05, 4.69) is 66.7 Å². The number of carbonyl (C=O) groups excluding carboxylic acids is 1. The molecule has 1 N–H and O–H groups in total. The Labute approximate surface area is 199 Å². The molecule has 0 saturated heterocycles. The molecule has 0 bridgehead atoms. The van der Waals surface area contributed by atoms with E-state index in [-0.39, 0.29) is 0 Å². The van der Waals surface area contributed by atoms with Gasteiger partial charge in [-0.3, -0.25) is 0 Å². The zero-order valence-electron chi connectivity index (χ0n) is 19.1. The second-order valence-electron chi connectivity index (χ2n) is 7.98. The van der Waals surface area contributed by atoms with Gasteiger partial charge in [-0.15, -0.1) is 10.2 Å². The van der Waals surface area contributed by atoms with Crippen molar-refractivity contribution in [2.45, 2.75) is 33.2 Å². The van der Waals surface area contributed by atoms with Crippen molar-refractivity contribution in [3.05, 3.63) is 63.7 Å². The van der Waals surface area contributed by atoms with E-state index in [0.717, 1.165) is 52.0 Å². The van der Waals surface area contributed by atoms with Gasteiger partial charge in [-0.05, 0) is 46.7 Å². The summed E-state index contributed by atoms with van der Waals surface area (Å²) in [5.41, 5.74) is 6.92. The van der Waals surface area contributed by atoms with Crippen LogP contribution in [0.2, 0.25) is 0 Å². The molecule has 0 saturated carbocycles. The molecule has 172 valence electrons. The number of imidazole rings is 1. The second kappa shape index (κ2) is 9.14. The van der Waals surface area contributed by atoms with Gasteiger partial charge in [0.25, 0.3) is 0 Å². The molecule has 0 fully saturated rings. The summed E-state index contributed by atoms with van der Waals surface area (Å²) < 4.78 is 6.99. The van der Waals surface area contributed by atoms with Crippen LogP contribution >= 0.6 is 11.3 Å². The fourth-order valence-corrected chi connectivity index (χ4v) is 4.85. The molecule has 0 aliphatic carbocycles. The number of benzene rings is 1. The van der Waals surface area contributed by atoms with Crippen LogP contribution in [-0.2, 0) is 17.7 Å². The molecule has 0 spiro atoms. The number of hydrogen-bond donors (Lipinski definition) is 1. The number of nitrogens with zero attached hydrogens (tertiary/aromatic N) is 6. The molecule has 0 unspecified atom stereocenters. The number of rotatable bonds is 7. The Morgan fingerprint density at radius 3 is 2.65 bits per heavy atom. The van der Waals surface area contributed by atoms with Gasteiger partial charge < -0.3 is 9.30 Å². The third kappa shape index (κ3) is 3.96. The molecule has 34 heavy (non-hydrogen) atoms. The van der Waals surface area contributed by atoms with Crippen LogP contribution in [0.3, 0.4) is 0 Å². The van der Waals surface area contributed by atoms with Crippen molar-refractivity contribution in [2.75, 3.05) is 7.11 Å². The summed E-state index contributed by atoms with van der Waals surface area (Å²) in [6.07, 6.45) is 1.78. The average Bonchev–Trinajstić information content (AvgIpc) is 3.60. The van der Waals surface area contributed by atoms with Crippen LogP contribution in [0, 0.1) is 6.92 Å². The highest BCUT2D eigenvalue weighted by Crippen LogP contribution is 2.33. The van der Waals surface area contributed by atoms with Gasteiger partial charge in [0.15, 0.2) is 11.3 Å². The molecule has 10 heteroatoms. The number of methoxy groups -OCH3 is 1. The van der Waals surface area contributed by atoms with E-state index >= 15 is 0 Å². The maximum absolute atomic E-state index is 12.1. The number of aromatic amines is 1. The topological polar surface area (TPSA) is 111 Å². The van der Waals surface area contributed by atoms with Gasteiger partial charge in [-0.1, -0.05) is 31.2 Å². The number of H-pyrrole nitrogens is 1. The van der Waals surface area contributed by atoms with Gasteiger partial charge in [0, 0.05) is 22.9 Å². The number of ether oxygens (including phenoxy) is 1. The normalized spacial score (nSPS) is 11.3. The largest absolute Gasteiger partial charge is 0.464 e. The van der Waals surface area contributed by atoms with Crippen LogP contribution in [0.15, 0.2) is 41.1 Å². The lowest BCUT2D eigenvalue weighted by Gasteiger charge is -2.10. The van der Waals surface area contributed by atoms with E-state index in [1.807, 2.05) is 12.3 Å². The van der Waals surface area contributed by atoms with E-state index in [0.29, 0.717) is 23.7 Å². The smallest absolute Gasteiger partial charge is 0.356 e. The molecule has 0 atom stereocenters. The molecule has 5 aromatic rings. The Morgan fingerprint density at radius 2 is 1.94 bits per heavy atom. The summed E-state index contributed by atoms with van der Waals surface area (Å²) in [4.78, 5) is 21.6. The van der Waals surface area contributed by atoms with Gasteiger partial charge in [0.1, 0.15) is 11.3 Å². The van der Waals surface area contributed by atoms with Crippen molar-refractivity contribution in [1.29, 1.82) is 0 Å². The van der Waals surface area contributed by atoms with Crippen LogP contribution in [0.5, 0.6) is 0 Å². The lowest BCUT2D eigenvalue weighted by atomic mass is 10.0. The summed E-state index contributed by atoms with van der Waals surface area (Å²) >= 11 is 1.60. The van der Waals surface area contributed by atoms with E-state index in [4.69, 9.17) is 9.72 Å². The molecule has 4 aromatic heterocycles. The highest BCUT2D eigenvalue weighted by molar-refractivity contribution is 7.08. The van der Waals surface area contributed by atoms with Gasteiger partial charge in [0.2, 0.25) is 5.82 Å². The number of tetrazole rings is 1. The lowest BCUT2D eigenvalue weighted by molar-refractivity contribution is 0.0594. The first-order valence-corrected chi connectivity index (χ1v) is 11.9. The van der Waals surface area contributed by atoms with E-state index in [1.165, 1.54) is 7.11 Å². The van der Waals surface area contributed by atoms with Crippen molar-refractivity contribution in [3.63, 3.8) is 0 Å². The number of fused-ring (bicyclic) bond motifs is 1. The molecule has 4 heterocycles. The van der Waals surface area contributed by atoms with Crippen LogP contribution in [0.4, 0.5) is 0 Å². The minimum Gasteiger partial charge on any atom is -0.464 e. The number of carbonyl (C=O) groups is 1. The first-order valence-electron chi connectivity index (χ1n) is 10.9. The predicted octanol–water partition coefficient (Wildman–Crippen LogP) is 4.44. The number of aromatic nitrogens is 7. The van der Waals surface area contributed by atoms with E-state index < -0.39 is 5.97 Å². The molecule has 1 aromatic carbocycles. The summed E-state index contributed by atoms with van der Waals surface area (Å²) in [5, 5.41) is 18.5. The Balaban J connectivity index is 1.51. The van der Waals surface area contributed by atoms with Crippen molar-refractivity contribution in [1.82, 2.24) is 35.2 Å². The minimum atomic E-state index is -0.452. The molecule has 0 aliphatic heterocycles. The van der Waals surface area contributed by atoms with Crippen molar-refractivity contribution in [2.24, 2.45) is 0 Å². The second-order valence-corrected chi connectivity index (χ2v) is 8.73. The first kappa shape index (κ1) is 21.9. The highest BCUT2D eigenvalue weighted by Gasteiger charge is 2.18. The summed E-state index contributed by atoms with van der Waals surface area (Å²) in [6, 6.07) is 10.1.